The molecule has 2 rings (SSSR count). The van der Waals surface area contributed by atoms with E-state index < -0.39 is 0 Å². The summed E-state index contributed by atoms with van der Waals surface area (Å²) in [5, 5.41) is 3.61. The Hall–Kier alpha value is -2.06. The van der Waals surface area contributed by atoms with E-state index in [0.717, 1.165) is 11.1 Å². The van der Waals surface area contributed by atoms with Gasteiger partial charge in [0.25, 0.3) is 0 Å². The quantitative estimate of drug-likeness (QED) is 0.803. The third-order valence-electron chi connectivity index (χ3n) is 3.57. The van der Waals surface area contributed by atoms with Gasteiger partial charge in [-0.1, -0.05) is 53.6 Å². The fraction of sp³-hybridized carbons (Fsp3) is 0.211. The highest BCUT2D eigenvalue weighted by Crippen LogP contribution is 2.19. The molecule has 0 unspecified atom stereocenters. The number of hydrogen-bond acceptors (Lipinski definition) is 1. The highest BCUT2D eigenvalue weighted by molar-refractivity contribution is 6.32. The topological polar surface area (TPSA) is 29.1 Å². The van der Waals surface area contributed by atoms with E-state index in [0.29, 0.717) is 5.02 Å². The van der Waals surface area contributed by atoms with Crippen LogP contribution in [0.1, 0.15) is 35.2 Å². The van der Waals surface area contributed by atoms with Gasteiger partial charge in [0.05, 0.1) is 6.04 Å². The summed E-state index contributed by atoms with van der Waals surface area (Å²) in [6.07, 6.45) is 3.24. The number of carbonyl (C=O) groups excluding carboxylic acids is 1. The van der Waals surface area contributed by atoms with Crippen molar-refractivity contribution in [3.8, 4) is 0 Å². The molecule has 0 aliphatic heterocycles. The van der Waals surface area contributed by atoms with Gasteiger partial charge in [-0.25, -0.2) is 0 Å². The third-order valence-corrected chi connectivity index (χ3v) is 3.91. The summed E-state index contributed by atoms with van der Waals surface area (Å²) in [5.41, 5.74) is 4.37. The van der Waals surface area contributed by atoms with Crippen molar-refractivity contribution in [1.82, 2.24) is 5.32 Å². The second-order valence-electron chi connectivity index (χ2n) is 5.45. The molecule has 114 valence electrons. The first-order valence-electron chi connectivity index (χ1n) is 7.27. The lowest BCUT2D eigenvalue weighted by Gasteiger charge is -2.16. The lowest BCUT2D eigenvalue weighted by molar-refractivity contribution is -0.117. The van der Waals surface area contributed by atoms with Gasteiger partial charge in [0.2, 0.25) is 5.91 Å². The molecule has 0 fully saturated rings. The number of carbonyl (C=O) groups is 1. The molecule has 0 radical (unpaired) electrons. The van der Waals surface area contributed by atoms with Crippen molar-refractivity contribution in [3.05, 3.63) is 75.8 Å². The first kappa shape index (κ1) is 16.3. The van der Waals surface area contributed by atoms with Gasteiger partial charge in [-0.15, -0.1) is 0 Å². The number of amides is 1. The normalized spacial score (nSPS) is 12.4. The van der Waals surface area contributed by atoms with Crippen molar-refractivity contribution in [3.63, 3.8) is 0 Å². The fourth-order valence-electron chi connectivity index (χ4n) is 2.43. The second kappa shape index (κ2) is 7.28. The average molecular weight is 314 g/mol. The largest absolute Gasteiger partial charge is 0.346 e. The fourth-order valence-corrected chi connectivity index (χ4v) is 2.63. The van der Waals surface area contributed by atoms with Crippen LogP contribution in [0.25, 0.3) is 6.08 Å². The van der Waals surface area contributed by atoms with E-state index in [9.17, 15) is 4.79 Å². The number of halogens is 1. The molecule has 1 atom stereocenters. The van der Waals surface area contributed by atoms with E-state index in [1.54, 1.807) is 12.1 Å². The molecule has 0 aliphatic carbocycles. The Morgan fingerprint density at radius 1 is 1.18 bits per heavy atom. The maximum atomic E-state index is 12.0. The minimum atomic E-state index is -0.132. The zero-order valence-electron chi connectivity index (χ0n) is 13.1. The molecule has 1 N–H and O–H groups in total. The van der Waals surface area contributed by atoms with Gasteiger partial charge in [-0.2, -0.15) is 0 Å². The summed E-state index contributed by atoms with van der Waals surface area (Å²) in [7, 11) is 0. The van der Waals surface area contributed by atoms with Gasteiger partial charge in [0.1, 0.15) is 0 Å². The van der Waals surface area contributed by atoms with Gasteiger partial charge in [0.15, 0.2) is 0 Å². The smallest absolute Gasteiger partial charge is 0.244 e. The molecule has 0 aliphatic rings. The van der Waals surface area contributed by atoms with Crippen LogP contribution in [0.4, 0.5) is 0 Å². The van der Waals surface area contributed by atoms with Crippen LogP contribution in [0.2, 0.25) is 5.02 Å². The van der Waals surface area contributed by atoms with Gasteiger partial charge < -0.3 is 5.32 Å². The summed E-state index contributed by atoms with van der Waals surface area (Å²) >= 11 is 6.06. The van der Waals surface area contributed by atoms with Crippen LogP contribution < -0.4 is 5.32 Å². The standard InChI is InChI=1S/C19H20ClNO/c1-13-8-10-17(14(2)12-13)15(3)21-19(22)11-9-16-6-4-5-7-18(16)20/h4-12,15H,1-3H3,(H,21,22)/b11-9+/t15-/m0/s1. The van der Waals surface area contributed by atoms with Crippen LogP contribution in [-0.2, 0) is 4.79 Å². The lowest BCUT2D eigenvalue weighted by atomic mass is 10.0. The number of benzene rings is 2. The molecular weight excluding hydrogens is 294 g/mol. The molecule has 0 spiro atoms. The Kier molecular flexibility index (Phi) is 5.40. The summed E-state index contributed by atoms with van der Waals surface area (Å²) in [6.45, 7) is 6.11. The molecule has 2 aromatic carbocycles. The first-order valence-corrected chi connectivity index (χ1v) is 7.65. The maximum absolute atomic E-state index is 12.0. The summed E-state index contributed by atoms with van der Waals surface area (Å²) in [6, 6.07) is 13.6. The Bertz CT molecular complexity index is 706. The predicted molar refractivity (Wildman–Crippen MR) is 93.0 cm³/mol. The van der Waals surface area contributed by atoms with E-state index in [1.165, 1.54) is 17.2 Å². The SMILES string of the molecule is Cc1ccc([C@H](C)NC(=O)/C=C/c2ccccc2Cl)c(C)c1. The van der Waals surface area contributed by atoms with Crippen LogP contribution in [0.15, 0.2) is 48.5 Å². The van der Waals surface area contributed by atoms with E-state index in [-0.39, 0.29) is 11.9 Å². The molecule has 22 heavy (non-hydrogen) atoms. The van der Waals surface area contributed by atoms with E-state index >= 15 is 0 Å². The Morgan fingerprint density at radius 3 is 2.59 bits per heavy atom. The minimum Gasteiger partial charge on any atom is -0.346 e. The number of rotatable bonds is 4. The number of nitrogens with one attached hydrogen (secondary N) is 1. The summed E-state index contributed by atoms with van der Waals surface area (Å²) in [4.78, 5) is 12.0. The average Bonchev–Trinajstić information content (AvgIpc) is 2.46. The summed E-state index contributed by atoms with van der Waals surface area (Å²) in [5.74, 6) is -0.132. The molecule has 2 nitrogen and oxygen atoms in total. The monoisotopic (exact) mass is 313 g/mol. The summed E-state index contributed by atoms with van der Waals surface area (Å²) < 4.78 is 0. The minimum absolute atomic E-state index is 0.0380. The van der Waals surface area contributed by atoms with Gasteiger partial charge in [0, 0.05) is 11.1 Å². The van der Waals surface area contributed by atoms with Crippen molar-refractivity contribution in [2.24, 2.45) is 0 Å². The van der Waals surface area contributed by atoms with Crippen LogP contribution in [-0.4, -0.2) is 5.91 Å². The van der Waals surface area contributed by atoms with Gasteiger partial charge in [-0.3, -0.25) is 4.79 Å². The highest BCUT2D eigenvalue weighted by atomic mass is 35.5. The molecule has 0 aromatic heterocycles. The van der Waals surface area contributed by atoms with Crippen molar-refractivity contribution < 1.29 is 4.79 Å². The van der Waals surface area contributed by atoms with Crippen molar-refractivity contribution >= 4 is 23.6 Å². The Morgan fingerprint density at radius 2 is 1.91 bits per heavy atom. The molecule has 0 saturated heterocycles. The van der Waals surface area contributed by atoms with Crippen LogP contribution in [0, 0.1) is 13.8 Å². The highest BCUT2D eigenvalue weighted by Gasteiger charge is 2.10. The Labute approximate surface area is 136 Å². The van der Waals surface area contributed by atoms with Crippen molar-refractivity contribution in [1.29, 1.82) is 0 Å². The van der Waals surface area contributed by atoms with E-state index in [4.69, 9.17) is 11.6 Å². The van der Waals surface area contributed by atoms with Crippen LogP contribution in [0.5, 0.6) is 0 Å². The zero-order chi connectivity index (χ0) is 16.1. The van der Waals surface area contributed by atoms with Crippen LogP contribution >= 0.6 is 11.6 Å². The van der Waals surface area contributed by atoms with E-state index in [2.05, 4.69) is 37.4 Å². The molecule has 3 heteroatoms. The molecule has 0 bridgehead atoms. The molecule has 0 saturated carbocycles. The third kappa shape index (κ3) is 4.22. The van der Waals surface area contributed by atoms with Gasteiger partial charge in [-0.05, 0) is 49.6 Å². The van der Waals surface area contributed by atoms with Crippen molar-refractivity contribution in [2.75, 3.05) is 0 Å². The predicted octanol–water partition coefficient (Wildman–Crippen LogP) is 4.85. The molecular formula is C19H20ClNO. The number of hydrogen-bond donors (Lipinski definition) is 1. The maximum Gasteiger partial charge on any atom is 0.244 e. The second-order valence-corrected chi connectivity index (χ2v) is 5.85. The van der Waals surface area contributed by atoms with E-state index in [1.807, 2.05) is 25.1 Å². The first-order chi connectivity index (χ1) is 10.5. The molecule has 2 aromatic rings. The molecule has 0 heterocycles. The Balaban J connectivity index is 2.04. The molecule has 1 amide bonds. The van der Waals surface area contributed by atoms with Gasteiger partial charge >= 0.3 is 0 Å². The lowest BCUT2D eigenvalue weighted by Crippen LogP contribution is -2.25. The number of aryl methyl sites for hydroxylation is 2. The van der Waals surface area contributed by atoms with Crippen LogP contribution in [0.3, 0.4) is 0 Å². The van der Waals surface area contributed by atoms with Crippen molar-refractivity contribution in [2.45, 2.75) is 26.8 Å². The zero-order valence-corrected chi connectivity index (χ0v) is 13.8.